The molecule has 1 aromatic heterocycles. The molecule has 0 radical (unpaired) electrons. The van der Waals surface area contributed by atoms with Crippen molar-refractivity contribution in [2.45, 2.75) is 20.0 Å². The number of ether oxygens (including phenoxy) is 1. The zero-order valence-electron chi connectivity index (χ0n) is 11.0. The Morgan fingerprint density at radius 1 is 1.21 bits per heavy atom. The van der Waals surface area contributed by atoms with Crippen LogP contribution in [0.25, 0.3) is 0 Å². The van der Waals surface area contributed by atoms with E-state index in [0.29, 0.717) is 6.54 Å². The standard InChI is InChI=1S/C14H16BrN3O/c1-10-6-18-12(9-17-10)8-16-7-11-3-4-14(19-2)13(15)5-11/h3-6,9,16H,7-8H2,1-2H3. The average molecular weight is 322 g/mol. The fourth-order valence-corrected chi connectivity index (χ4v) is 2.25. The molecule has 2 rings (SSSR count). The van der Waals surface area contributed by atoms with E-state index < -0.39 is 0 Å². The molecule has 0 aliphatic carbocycles. The van der Waals surface area contributed by atoms with Gasteiger partial charge in [-0.2, -0.15) is 0 Å². The SMILES string of the molecule is COc1ccc(CNCc2cnc(C)cn2)cc1Br. The van der Waals surface area contributed by atoms with Crippen LogP contribution in [-0.4, -0.2) is 17.1 Å². The van der Waals surface area contributed by atoms with Crippen LogP contribution in [0.5, 0.6) is 5.75 Å². The first-order valence-corrected chi connectivity index (χ1v) is 6.79. The van der Waals surface area contributed by atoms with Crippen LogP contribution < -0.4 is 10.1 Å². The summed E-state index contributed by atoms with van der Waals surface area (Å²) in [6.07, 6.45) is 3.58. The normalized spacial score (nSPS) is 10.5. The third-order valence-corrected chi connectivity index (χ3v) is 3.31. The molecule has 0 unspecified atom stereocenters. The van der Waals surface area contributed by atoms with Crippen molar-refractivity contribution in [3.05, 3.63) is 52.0 Å². The topological polar surface area (TPSA) is 47.0 Å². The number of hydrogen-bond donors (Lipinski definition) is 1. The van der Waals surface area contributed by atoms with E-state index in [0.717, 1.165) is 28.2 Å². The average Bonchev–Trinajstić information content (AvgIpc) is 2.41. The van der Waals surface area contributed by atoms with E-state index in [-0.39, 0.29) is 0 Å². The number of aromatic nitrogens is 2. The first-order chi connectivity index (χ1) is 9.19. The molecule has 0 aliphatic heterocycles. The summed E-state index contributed by atoms with van der Waals surface area (Å²) in [5, 5.41) is 3.34. The maximum Gasteiger partial charge on any atom is 0.133 e. The molecule has 0 saturated carbocycles. The molecule has 19 heavy (non-hydrogen) atoms. The van der Waals surface area contributed by atoms with Gasteiger partial charge in [-0.05, 0) is 40.5 Å². The van der Waals surface area contributed by atoms with Crippen LogP contribution in [0.1, 0.15) is 17.0 Å². The van der Waals surface area contributed by atoms with E-state index >= 15 is 0 Å². The first kappa shape index (κ1) is 14.0. The molecule has 0 saturated heterocycles. The van der Waals surface area contributed by atoms with Crippen molar-refractivity contribution in [1.82, 2.24) is 15.3 Å². The van der Waals surface area contributed by atoms with Crippen molar-refractivity contribution in [1.29, 1.82) is 0 Å². The predicted molar refractivity (Wildman–Crippen MR) is 78.0 cm³/mol. The minimum Gasteiger partial charge on any atom is -0.496 e. The minimum atomic E-state index is 0.705. The second-order valence-corrected chi connectivity index (χ2v) is 5.08. The van der Waals surface area contributed by atoms with Gasteiger partial charge >= 0.3 is 0 Å². The molecule has 0 atom stereocenters. The Balaban J connectivity index is 1.88. The lowest BCUT2D eigenvalue weighted by atomic mass is 10.2. The van der Waals surface area contributed by atoms with E-state index in [2.05, 4.69) is 31.2 Å². The molecule has 4 nitrogen and oxygen atoms in total. The van der Waals surface area contributed by atoms with Crippen molar-refractivity contribution in [3.8, 4) is 5.75 Å². The summed E-state index contributed by atoms with van der Waals surface area (Å²) < 4.78 is 6.16. The second-order valence-electron chi connectivity index (χ2n) is 4.22. The molecular formula is C14H16BrN3O. The van der Waals surface area contributed by atoms with Crippen LogP contribution in [0.15, 0.2) is 35.1 Å². The number of benzene rings is 1. The van der Waals surface area contributed by atoms with Gasteiger partial charge in [0.1, 0.15) is 5.75 Å². The molecule has 1 aromatic carbocycles. The molecule has 1 N–H and O–H groups in total. The van der Waals surface area contributed by atoms with Gasteiger partial charge < -0.3 is 10.1 Å². The van der Waals surface area contributed by atoms with Crippen molar-refractivity contribution in [3.63, 3.8) is 0 Å². The lowest BCUT2D eigenvalue weighted by molar-refractivity contribution is 0.412. The largest absolute Gasteiger partial charge is 0.496 e. The summed E-state index contributed by atoms with van der Waals surface area (Å²) in [5.41, 5.74) is 3.06. The summed E-state index contributed by atoms with van der Waals surface area (Å²) in [7, 11) is 1.66. The number of nitrogens with one attached hydrogen (secondary N) is 1. The van der Waals surface area contributed by atoms with E-state index in [4.69, 9.17) is 4.74 Å². The highest BCUT2D eigenvalue weighted by atomic mass is 79.9. The zero-order valence-corrected chi connectivity index (χ0v) is 12.6. The van der Waals surface area contributed by atoms with Crippen molar-refractivity contribution < 1.29 is 4.74 Å². The maximum absolute atomic E-state index is 5.20. The van der Waals surface area contributed by atoms with Crippen molar-refractivity contribution >= 4 is 15.9 Å². The summed E-state index contributed by atoms with van der Waals surface area (Å²) in [6.45, 7) is 3.41. The van der Waals surface area contributed by atoms with E-state index in [1.165, 1.54) is 5.56 Å². The summed E-state index contributed by atoms with van der Waals surface area (Å²) in [5.74, 6) is 0.841. The number of nitrogens with zero attached hydrogens (tertiary/aromatic N) is 2. The van der Waals surface area contributed by atoms with E-state index in [1.807, 2.05) is 25.1 Å². The molecule has 0 fully saturated rings. The second kappa shape index (κ2) is 6.63. The highest BCUT2D eigenvalue weighted by molar-refractivity contribution is 9.10. The smallest absolute Gasteiger partial charge is 0.133 e. The predicted octanol–water partition coefficient (Wildman–Crippen LogP) is 2.85. The quantitative estimate of drug-likeness (QED) is 0.919. The molecule has 0 aliphatic rings. The van der Waals surface area contributed by atoms with Gasteiger partial charge in [-0.1, -0.05) is 6.07 Å². The Morgan fingerprint density at radius 2 is 2.05 bits per heavy atom. The third-order valence-electron chi connectivity index (χ3n) is 2.69. The fourth-order valence-electron chi connectivity index (χ4n) is 1.67. The summed E-state index contributed by atoms with van der Waals surface area (Å²) in [6, 6.07) is 6.04. The van der Waals surface area contributed by atoms with Gasteiger partial charge in [0, 0.05) is 25.5 Å². The molecule has 1 heterocycles. The maximum atomic E-state index is 5.20. The molecular weight excluding hydrogens is 306 g/mol. The van der Waals surface area contributed by atoms with Crippen LogP contribution in [0, 0.1) is 6.92 Å². The Morgan fingerprint density at radius 3 is 2.68 bits per heavy atom. The minimum absolute atomic E-state index is 0.705. The number of methoxy groups -OCH3 is 1. The number of rotatable bonds is 5. The van der Waals surface area contributed by atoms with Crippen LogP contribution in [0.3, 0.4) is 0 Å². The van der Waals surface area contributed by atoms with Gasteiger partial charge in [-0.25, -0.2) is 0 Å². The van der Waals surface area contributed by atoms with Crippen LogP contribution in [0.4, 0.5) is 0 Å². The van der Waals surface area contributed by atoms with Crippen LogP contribution >= 0.6 is 15.9 Å². The Labute approximate surface area is 121 Å². The third kappa shape index (κ3) is 4.01. The molecule has 100 valence electrons. The summed E-state index contributed by atoms with van der Waals surface area (Å²) >= 11 is 3.48. The molecule has 0 spiro atoms. The van der Waals surface area contributed by atoms with Gasteiger partial charge in [-0.15, -0.1) is 0 Å². The number of halogens is 1. The molecule has 2 aromatic rings. The van der Waals surface area contributed by atoms with Crippen molar-refractivity contribution in [2.24, 2.45) is 0 Å². The van der Waals surface area contributed by atoms with Gasteiger partial charge in [0.05, 0.1) is 23.0 Å². The van der Waals surface area contributed by atoms with E-state index in [9.17, 15) is 0 Å². The van der Waals surface area contributed by atoms with Crippen LogP contribution in [0.2, 0.25) is 0 Å². The highest BCUT2D eigenvalue weighted by Crippen LogP contribution is 2.25. The van der Waals surface area contributed by atoms with Gasteiger partial charge in [-0.3, -0.25) is 9.97 Å². The lowest BCUT2D eigenvalue weighted by Crippen LogP contribution is -2.14. The fraction of sp³-hybridized carbons (Fsp3) is 0.286. The highest BCUT2D eigenvalue weighted by Gasteiger charge is 2.01. The first-order valence-electron chi connectivity index (χ1n) is 5.99. The van der Waals surface area contributed by atoms with Gasteiger partial charge in [0.2, 0.25) is 0 Å². The van der Waals surface area contributed by atoms with Crippen molar-refractivity contribution in [2.75, 3.05) is 7.11 Å². The molecule has 0 bridgehead atoms. The monoisotopic (exact) mass is 321 g/mol. The van der Waals surface area contributed by atoms with E-state index in [1.54, 1.807) is 19.5 Å². The Hall–Kier alpha value is -1.46. The number of hydrogen-bond acceptors (Lipinski definition) is 4. The zero-order chi connectivity index (χ0) is 13.7. The summed E-state index contributed by atoms with van der Waals surface area (Å²) in [4.78, 5) is 8.52. The van der Waals surface area contributed by atoms with Gasteiger partial charge in [0.15, 0.2) is 0 Å². The Kier molecular flexibility index (Phi) is 4.87. The van der Waals surface area contributed by atoms with Crippen LogP contribution in [-0.2, 0) is 13.1 Å². The molecule has 5 heteroatoms. The lowest BCUT2D eigenvalue weighted by Gasteiger charge is -2.07. The Bertz CT molecular complexity index is 543. The molecule has 0 amide bonds. The number of aryl methyl sites for hydroxylation is 1. The van der Waals surface area contributed by atoms with Gasteiger partial charge in [0.25, 0.3) is 0 Å².